The van der Waals surface area contributed by atoms with Gasteiger partial charge < -0.3 is 19.7 Å². The number of rotatable bonds is 5. The third-order valence-corrected chi connectivity index (χ3v) is 5.03. The molecule has 1 heterocycles. The van der Waals surface area contributed by atoms with Crippen molar-refractivity contribution in [3.63, 3.8) is 0 Å². The van der Waals surface area contributed by atoms with Crippen LogP contribution in [0.2, 0.25) is 0 Å². The summed E-state index contributed by atoms with van der Waals surface area (Å²) in [4.78, 5) is 27.1. The molecule has 0 atom stereocenters. The molecule has 2 amide bonds. The summed E-state index contributed by atoms with van der Waals surface area (Å²) in [7, 11) is 3.11. The maximum Gasteiger partial charge on any atom is 0.253 e. The van der Waals surface area contributed by atoms with E-state index in [4.69, 9.17) is 9.47 Å². The Bertz CT molecular complexity index is 818. The molecule has 1 saturated heterocycles. The van der Waals surface area contributed by atoms with Crippen molar-refractivity contribution < 1.29 is 19.1 Å². The third-order valence-electron chi connectivity index (χ3n) is 5.03. The van der Waals surface area contributed by atoms with Crippen LogP contribution in [0.1, 0.15) is 39.1 Å². The lowest BCUT2D eigenvalue weighted by Gasteiger charge is -2.32. The monoisotopic (exact) mass is 382 g/mol. The van der Waals surface area contributed by atoms with Crippen molar-refractivity contribution in [1.29, 1.82) is 0 Å². The standard InChI is InChI=1S/C22H26N2O4/c1-15-4-6-16(7-5-15)22(26)24-10-8-18(9-11-24)23-21(25)17-12-19(27-2)14-20(13-17)28-3/h4-7,12-14,18H,8-11H2,1-3H3,(H,23,25). The lowest BCUT2D eigenvalue weighted by Crippen LogP contribution is -2.46. The second-order valence-electron chi connectivity index (χ2n) is 7.01. The number of ether oxygens (including phenoxy) is 2. The van der Waals surface area contributed by atoms with Gasteiger partial charge in [0.2, 0.25) is 0 Å². The van der Waals surface area contributed by atoms with Gasteiger partial charge in [-0.3, -0.25) is 9.59 Å². The molecule has 148 valence electrons. The van der Waals surface area contributed by atoms with Crippen LogP contribution in [0.4, 0.5) is 0 Å². The maximum absolute atomic E-state index is 12.6. The Labute approximate surface area is 165 Å². The Morgan fingerprint density at radius 2 is 1.50 bits per heavy atom. The van der Waals surface area contributed by atoms with E-state index < -0.39 is 0 Å². The van der Waals surface area contributed by atoms with Gasteiger partial charge in [0.05, 0.1) is 14.2 Å². The first-order chi connectivity index (χ1) is 13.5. The highest BCUT2D eigenvalue weighted by molar-refractivity contribution is 5.95. The molecule has 1 N–H and O–H groups in total. The van der Waals surface area contributed by atoms with Gasteiger partial charge in [-0.1, -0.05) is 17.7 Å². The van der Waals surface area contributed by atoms with Gasteiger partial charge in [-0.2, -0.15) is 0 Å². The summed E-state index contributed by atoms with van der Waals surface area (Å²) in [5.41, 5.74) is 2.33. The van der Waals surface area contributed by atoms with Gasteiger partial charge in [0.15, 0.2) is 0 Å². The van der Waals surface area contributed by atoms with Crippen LogP contribution in [-0.4, -0.2) is 50.1 Å². The van der Waals surface area contributed by atoms with Crippen molar-refractivity contribution in [2.24, 2.45) is 0 Å². The average molecular weight is 382 g/mol. The smallest absolute Gasteiger partial charge is 0.253 e. The molecule has 0 aromatic heterocycles. The fourth-order valence-electron chi connectivity index (χ4n) is 3.31. The number of amides is 2. The van der Waals surface area contributed by atoms with E-state index in [2.05, 4.69) is 5.32 Å². The van der Waals surface area contributed by atoms with Gasteiger partial charge >= 0.3 is 0 Å². The summed E-state index contributed by atoms with van der Waals surface area (Å²) in [5, 5.41) is 3.06. The number of nitrogens with zero attached hydrogens (tertiary/aromatic N) is 1. The quantitative estimate of drug-likeness (QED) is 0.863. The molecule has 0 bridgehead atoms. The fourth-order valence-corrected chi connectivity index (χ4v) is 3.31. The maximum atomic E-state index is 12.6. The largest absolute Gasteiger partial charge is 0.497 e. The van der Waals surface area contributed by atoms with Gasteiger partial charge in [-0.05, 0) is 44.0 Å². The van der Waals surface area contributed by atoms with Crippen molar-refractivity contribution >= 4 is 11.8 Å². The minimum Gasteiger partial charge on any atom is -0.497 e. The molecule has 1 fully saturated rings. The fraction of sp³-hybridized carbons (Fsp3) is 0.364. The van der Waals surface area contributed by atoms with Crippen LogP contribution in [0.5, 0.6) is 11.5 Å². The number of methoxy groups -OCH3 is 2. The van der Waals surface area contributed by atoms with Crippen LogP contribution in [0, 0.1) is 6.92 Å². The summed E-state index contributed by atoms with van der Waals surface area (Å²) in [5.74, 6) is 1.02. The number of hydrogen-bond acceptors (Lipinski definition) is 4. The van der Waals surface area contributed by atoms with Crippen LogP contribution >= 0.6 is 0 Å². The molecule has 3 rings (SSSR count). The van der Waals surface area contributed by atoms with Crippen molar-refractivity contribution in [3.8, 4) is 11.5 Å². The van der Waals surface area contributed by atoms with E-state index in [0.29, 0.717) is 35.7 Å². The van der Waals surface area contributed by atoms with E-state index in [-0.39, 0.29) is 17.9 Å². The van der Waals surface area contributed by atoms with Crippen LogP contribution in [0.3, 0.4) is 0 Å². The molecule has 1 aliphatic heterocycles. The van der Waals surface area contributed by atoms with E-state index in [1.165, 1.54) is 0 Å². The molecule has 2 aromatic carbocycles. The first-order valence-electron chi connectivity index (χ1n) is 9.40. The van der Waals surface area contributed by atoms with Crippen LogP contribution in [-0.2, 0) is 0 Å². The van der Waals surface area contributed by atoms with Crippen molar-refractivity contribution in [3.05, 3.63) is 59.2 Å². The zero-order valence-corrected chi connectivity index (χ0v) is 16.5. The zero-order valence-electron chi connectivity index (χ0n) is 16.5. The number of piperidine rings is 1. The third kappa shape index (κ3) is 4.63. The van der Waals surface area contributed by atoms with Gasteiger partial charge in [0.1, 0.15) is 11.5 Å². The lowest BCUT2D eigenvalue weighted by molar-refractivity contribution is 0.0698. The zero-order chi connectivity index (χ0) is 20.1. The van der Waals surface area contributed by atoms with Crippen LogP contribution in [0.15, 0.2) is 42.5 Å². The van der Waals surface area contributed by atoms with Crippen molar-refractivity contribution in [2.45, 2.75) is 25.8 Å². The van der Waals surface area contributed by atoms with Gasteiger partial charge in [-0.15, -0.1) is 0 Å². The summed E-state index contributed by atoms with van der Waals surface area (Å²) >= 11 is 0. The van der Waals surface area contributed by atoms with Crippen LogP contribution in [0.25, 0.3) is 0 Å². The van der Waals surface area contributed by atoms with E-state index >= 15 is 0 Å². The summed E-state index contributed by atoms with van der Waals surface area (Å²) in [6, 6.07) is 12.8. The molecule has 6 nitrogen and oxygen atoms in total. The topological polar surface area (TPSA) is 67.9 Å². The summed E-state index contributed by atoms with van der Waals surface area (Å²) in [6.07, 6.45) is 1.45. The first kappa shape index (κ1) is 19.7. The minimum absolute atomic E-state index is 0.0340. The molecule has 0 radical (unpaired) electrons. The number of carbonyl (C=O) groups is 2. The Hall–Kier alpha value is -3.02. The van der Waals surface area contributed by atoms with Crippen molar-refractivity contribution in [2.75, 3.05) is 27.3 Å². The number of hydrogen-bond donors (Lipinski definition) is 1. The second kappa shape index (κ2) is 8.78. The molecule has 0 saturated carbocycles. The van der Waals surface area contributed by atoms with E-state index in [1.54, 1.807) is 32.4 Å². The average Bonchev–Trinajstić information content (AvgIpc) is 2.73. The normalized spacial score (nSPS) is 14.5. The summed E-state index contributed by atoms with van der Waals surface area (Å²) < 4.78 is 10.4. The SMILES string of the molecule is COc1cc(OC)cc(C(=O)NC2CCN(C(=O)c3ccc(C)cc3)CC2)c1. The van der Waals surface area contributed by atoms with E-state index in [1.807, 2.05) is 36.1 Å². The molecule has 1 aliphatic rings. The molecular weight excluding hydrogens is 356 g/mol. The van der Waals surface area contributed by atoms with E-state index in [9.17, 15) is 9.59 Å². The Kier molecular flexibility index (Phi) is 6.19. The predicted molar refractivity (Wildman–Crippen MR) is 107 cm³/mol. The first-order valence-corrected chi connectivity index (χ1v) is 9.40. The molecule has 28 heavy (non-hydrogen) atoms. The van der Waals surface area contributed by atoms with Crippen molar-refractivity contribution in [1.82, 2.24) is 10.2 Å². The molecule has 0 unspecified atom stereocenters. The van der Waals surface area contributed by atoms with Gasteiger partial charge in [-0.25, -0.2) is 0 Å². The number of aryl methyl sites for hydroxylation is 1. The highest BCUT2D eigenvalue weighted by atomic mass is 16.5. The number of likely N-dealkylation sites (tertiary alicyclic amines) is 1. The molecule has 0 spiro atoms. The van der Waals surface area contributed by atoms with E-state index in [0.717, 1.165) is 18.4 Å². The van der Waals surface area contributed by atoms with Crippen LogP contribution < -0.4 is 14.8 Å². The second-order valence-corrected chi connectivity index (χ2v) is 7.01. The lowest BCUT2D eigenvalue weighted by atomic mass is 10.0. The Balaban J connectivity index is 1.57. The number of carbonyl (C=O) groups excluding carboxylic acids is 2. The van der Waals surface area contributed by atoms with Gasteiger partial charge in [0.25, 0.3) is 11.8 Å². The molecular formula is C22H26N2O4. The Morgan fingerprint density at radius 1 is 0.929 bits per heavy atom. The summed E-state index contributed by atoms with van der Waals surface area (Å²) in [6.45, 7) is 3.25. The highest BCUT2D eigenvalue weighted by Crippen LogP contribution is 2.23. The number of nitrogens with one attached hydrogen (secondary N) is 1. The predicted octanol–water partition coefficient (Wildman–Crippen LogP) is 3.05. The molecule has 2 aromatic rings. The number of benzene rings is 2. The molecule has 0 aliphatic carbocycles. The Morgan fingerprint density at radius 3 is 2.04 bits per heavy atom. The minimum atomic E-state index is -0.166. The van der Waals surface area contributed by atoms with Gasteiger partial charge in [0, 0.05) is 36.3 Å². The highest BCUT2D eigenvalue weighted by Gasteiger charge is 2.25. The molecule has 6 heteroatoms.